The molecule has 13 heteroatoms. The highest BCUT2D eigenvalue weighted by atomic mass is 35.5. The van der Waals surface area contributed by atoms with Crippen molar-refractivity contribution in [2.24, 2.45) is 36.1 Å². The SMILES string of the molecule is COc1cc(O)ccc1C1C2=CCC3C(=O)N(c4ccc(C(=O)c5ccccc5)cc4)C(=O)C3C2CC2C(=O)N(c3cc(-c4sc5ccc(Cl)cc5c4C)nn3C)C(=O)C21C. The molecular weight excluding hydrogens is 812 g/mol. The summed E-state index contributed by atoms with van der Waals surface area (Å²) < 4.78 is 8.41. The number of benzene rings is 4. The fourth-order valence-corrected chi connectivity index (χ4v) is 11.8. The van der Waals surface area contributed by atoms with Crippen molar-refractivity contribution in [1.29, 1.82) is 0 Å². The van der Waals surface area contributed by atoms with E-state index in [9.17, 15) is 19.5 Å². The number of hydrogen-bond acceptors (Lipinski definition) is 9. The minimum absolute atomic E-state index is 0.0345. The number of hydrogen-bond donors (Lipinski definition) is 1. The molecule has 61 heavy (non-hydrogen) atoms. The summed E-state index contributed by atoms with van der Waals surface area (Å²) in [6, 6.07) is 27.6. The third-order valence-electron chi connectivity index (χ3n) is 13.4. The molecule has 2 aromatic heterocycles. The van der Waals surface area contributed by atoms with Crippen molar-refractivity contribution in [2.75, 3.05) is 16.9 Å². The van der Waals surface area contributed by atoms with Crippen molar-refractivity contribution >= 4 is 73.9 Å². The number of halogens is 1. The van der Waals surface area contributed by atoms with Gasteiger partial charge in [-0.25, -0.2) is 4.90 Å². The van der Waals surface area contributed by atoms with Gasteiger partial charge in [0.25, 0.3) is 0 Å². The summed E-state index contributed by atoms with van der Waals surface area (Å²) >= 11 is 7.89. The topological polar surface area (TPSA) is 139 Å². The summed E-state index contributed by atoms with van der Waals surface area (Å²) in [5.74, 6) is -4.87. The van der Waals surface area contributed by atoms with Crippen molar-refractivity contribution < 1.29 is 33.8 Å². The molecule has 4 aromatic carbocycles. The standard InChI is InChI=1S/C48H39ClN4O7S/c1-24-33-20-27(49)12-19-38(33)61-43(24)36-23-39(51(3)50-36)53-45(57)35-22-34-30(41(48(35,2)47(53)59)31-16-15-29(54)21-37(31)60-4)17-18-32-40(34)46(58)52(44(32)56)28-13-10-26(11-14-28)42(55)25-8-6-5-7-9-25/h5-17,19-21,23,32,34-35,40-41,54H,18,22H2,1-4H3. The number of allylic oxidation sites excluding steroid dienone is 2. The van der Waals surface area contributed by atoms with Gasteiger partial charge in [0.15, 0.2) is 5.78 Å². The fraction of sp³-hybridized carbons (Fsp3) is 0.250. The maximum absolute atomic E-state index is 15.3. The van der Waals surface area contributed by atoms with Crippen LogP contribution in [0.3, 0.4) is 0 Å². The summed E-state index contributed by atoms with van der Waals surface area (Å²) in [6.45, 7) is 3.80. The molecule has 6 aromatic rings. The van der Waals surface area contributed by atoms with E-state index in [1.807, 2.05) is 37.3 Å². The number of thiophene rings is 1. The highest BCUT2D eigenvalue weighted by Crippen LogP contribution is 2.64. The number of ketones is 1. The number of phenolic OH excluding ortho intramolecular Hbond substituents is 1. The predicted molar refractivity (Wildman–Crippen MR) is 232 cm³/mol. The van der Waals surface area contributed by atoms with E-state index in [1.54, 1.807) is 90.7 Å². The number of imide groups is 2. The highest BCUT2D eigenvalue weighted by molar-refractivity contribution is 7.22. The maximum Gasteiger partial charge on any atom is 0.242 e. The molecule has 0 radical (unpaired) electrons. The van der Waals surface area contributed by atoms with Gasteiger partial charge in [-0.3, -0.25) is 33.6 Å². The molecule has 1 N–H and O–H groups in total. The number of phenols is 1. The first kappa shape index (κ1) is 38.8. The van der Waals surface area contributed by atoms with Gasteiger partial charge in [-0.1, -0.05) is 59.6 Å². The Hall–Kier alpha value is -6.37. The Morgan fingerprint density at radius 3 is 2.36 bits per heavy atom. The van der Waals surface area contributed by atoms with Crippen LogP contribution in [0.15, 0.2) is 109 Å². The molecule has 10 rings (SSSR count). The van der Waals surface area contributed by atoms with E-state index in [1.165, 1.54) is 29.0 Å². The zero-order chi connectivity index (χ0) is 42.6. The van der Waals surface area contributed by atoms with E-state index in [0.717, 1.165) is 26.1 Å². The Labute approximate surface area is 359 Å². The Bertz CT molecular complexity index is 2920. The largest absolute Gasteiger partial charge is 0.508 e. The maximum atomic E-state index is 15.3. The number of aromatic hydroxyl groups is 1. The summed E-state index contributed by atoms with van der Waals surface area (Å²) in [6.07, 6.45) is 2.37. The minimum Gasteiger partial charge on any atom is -0.508 e. The van der Waals surface area contributed by atoms with Crippen LogP contribution in [-0.4, -0.2) is 51.4 Å². The Morgan fingerprint density at radius 1 is 0.885 bits per heavy atom. The first-order chi connectivity index (χ1) is 29.3. The van der Waals surface area contributed by atoms with Crippen molar-refractivity contribution in [1.82, 2.24) is 9.78 Å². The van der Waals surface area contributed by atoms with Crippen LogP contribution in [0.25, 0.3) is 20.7 Å². The number of aromatic nitrogens is 2. The van der Waals surface area contributed by atoms with Gasteiger partial charge in [0, 0.05) is 51.5 Å². The fourth-order valence-electron chi connectivity index (χ4n) is 10.5. The van der Waals surface area contributed by atoms with Gasteiger partial charge >= 0.3 is 0 Å². The number of carbonyl (C=O) groups is 5. The lowest BCUT2D eigenvalue weighted by Gasteiger charge is -2.49. The van der Waals surface area contributed by atoms with Crippen LogP contribution >= 0.6 is 22.9 Å². The Morgan fingerprint density at radius 2 is 1.62 bits per heavy atom. The molecular formula is C48H39ClN4O7S. The van der Waals surface area contributed by atoms with Crippen LogP contribution < -0.4 is 14.5 Å². The van der Waals surface area contributed by atoms with Gasteiger partial charge in [-0.15, -0.1) is 11.3 Å². The normalized spacial score (nSPS) is 24.5. The molecule has 2 saturated heterocycles. The van der Waals surface area contributed by atoms with Gasteiger partial charge in [0.2, 0.25) is 23.6 Å². The van der Waals surface area contributed by atoms with Crippen molar-refractivity contribution in [3.8, 4) is 22.1 Å². The summed E-state index contributed by atoms with van der Waals surface area (Å²) in [7, 11) is 3.19. The van der Waals surface area contributed by atoms with Crippen LogP contribution in [0.2, 0.25) is 5.02 Å². The molecule has 11 nitrogen and oxygen atoms in total. The number of anilines is 2. The van der Waals surface area contributed by atoms with E-state index >= 15 is 9.59 Å². The number of aryl methyl sites for hydroxylation is 2. The molecule has 4 heterocycles. The van der Waals surface area contributed by atoms with Crippen LogP contribution in [-0.2, 0) is 26.2 Å². The number of nitrogens with zero attached hydrogens (tertiary/aromatic N) is 4. The van der Waals surface area contributed by atoms with E-state index in [2.05, 4.69) is 0 Å². The molecule has 2 aliphatic heterocycles. The Kier molecular flexibility index (Phi) is 8.97. The van der Waals surface area contributed by atoms with E-state index in [-0.39, 0.29) is 30.3 Å². The molecule has 3 fully saturated rings. The second kappa shape index (κ2) is 14.1. The summed E-state index contributed by atoms with van der Waals surface area (Å²) in [5, 5.41) is 17.0. The number of amides is 4. The third-order valence-corrected chi connectivity index (χ3v) is 15.0. The van der Waals surface area contributed by atoms with Gasteiger partial charge in [0.1, 0.15) is 23.0 Å². The molecule has 0 spiro atoms. The second-order valence-corrected chi connectivity index (χ2v) is 18.0. The zero-order valence-electron chi connectivity index (χ0n) is 33.6. The smallest absolute Gasteiger partial charge is 0.242 e. The van der Waals surface area contributed by atoms with Crippen LogP contribution in [0, 0.1) is 36.0 Å². The van der Waals surface area contributed by atoms with Crippen molar-refractivity contribution in [3.63, 3.8) is 0 Å². The van der Waals surface area contributed by atoms with Crippen molar-refractivity contribution in [3.05, 3.63) is 136 Å². The molecule has 306 valence electrons. The molecule has 1 saturated carbocycles. The van der Waals surface area contributed by atoms with Gasteiger partial charge in [-0.05, 0) is 92.1 Å². The van der Waals surface area contributed by atoms with Gasteiger partial charge < -0.3 is 9.84 Å². The average Bonchev–Trinajstić information content (AvgIpc) is 3.94. The monoisotopic (exact) mass is 850 g/mol. The molecule has 4 aliphatic rings. The molecule has 4 amide bonds. The Balaban J connectivity index is 1.04. The number of methoxy groups -OCH3 is 1. The molecule has 0 bridgehead atoms. The third kappa shape index (κ3) is 5.68. The lowest BCUT2D eigenvalue weighted by molar-refractivity contribution is -0.131. The average molecular weight is 851 g/mol. The summed E-state index contributed by atoms with van der Waals surface area (Å²) in [4.78, 5) is 75.8. The minimum atomic E-state index is -1.35. The predicted octanol–water partition coefficient (Wildman–Crippen LogP) is 8.64. The first-order valence-electron chi connectivity index (χ1n) is 20.1. The van der Waals surface area contributed by atoms with Crippen molar-refractivity contribution in [2.45, 2.75) is 32.6 Å². The van der Waals surface area contributed by atoms with Crippen LogP contribution in [0.1, 0.15) is 52.7 Å². The lowest BCUT2D eigenvalue weighted by atomic mass is 9.51. The number of fused-ring (bicyclic) bond motifs is 5. The molecule has 6 unspecified atom stereocenters. The molecule has 6 atom stereocenters. The van der Waals surface area contributed by atoms with E-state index in [4.69, 9.17) is 21.4 Å². The van der Waals surface area contributed by atoms with Crippen LogP contribution in [0.4, 0.5) is 11.5 Å². The highest BCUT2D eigenvalue weighted by Gasteiger charge is 2.68. The van der Waals surface area contributed by atoms with E-state index < -0.39 is 52.7 Å². The zero-order valence-corrected chi connectivity index (χ0v) is 35.2. The quantitative estimate of drug-likeness (QED) is 0.0957. The number of rotatable bonds is 7. The van der Waals surface area contributed by atoms with E-state index in [0.29, 0.717) is 44.7 Å². The number of carbonyl (C=O) groups excluding carboxylic acids is 5. The second-order valence-electron chi connectivity index (χ2n) is 16.5. The van der Waals surface area contributed by atoms with Gasteiger partial charge in [-0.2, -0.15) is 5.10 Å². The lowest BCUT2D eigenvalue weighted by Crippen LogP contribution is -2.49. The first-order valence-corrected chi connectivity index (χ1v) is 21.3. The number of ether oxygens (including phenoxy) is 1. The molecule has 2 aliphatic carbocycles. The van der Waals surface area contributed by atoms with Gasteiger partial charge in [0.05, 0.1) is 40.8 Å². The summed E-state index contributed by atoms with van der Waals surface area (Å²) in [5.41, 5.74) is 2.91. The van der Waals surface area contributed by atoms with Crippen LogP contribution in [0.5, 0.6) is 11.5 Å².